The molecule has 216 valence electrons. The standard InChI is InChI=1S/C28H33FN2O7S2/c1-19-16-31(20(2)18-32)40(35,36)28-13-8-22(21-6-5-7-23(29)14-21)15-26(28)38-27(19)17-30(3)39(33,34)25-11-9-24(37-4)10-12-25/h5-15,19-20,27,32H,16-18H2,1-4H3/t19-,20-,27-/m1/s1. The van der Waals surface area contributed by atoms with Crippen LogP contribution in [-0.4, -0.2) is 76.6 Å². The average molecular weight is 593 g/mol. The van der Waals surface area contributed by atoms with E-state index in [9.17, 15) is 26.3 Å². The molecule has 0 amide bonds. The van der Waals surface area contributed by atoms with Crippen molar-refractivity contribution in [2.24, 2.45) is 5.92 Å². The molecule has 0 unspecified atom stereocenters. The molecule has 0 spiro atoms. The molecule has 1 N–H and O–H groups in total. The summed E-state index contributed by atoms with van der Waals surface area (Å²) in [4.78, 5) is -0.0493. The average Bonchev–Trinajstić information content (AvgIpc) is 2.94. The summed E-state index contributed by atoms with van der Waals surface area (Å²) in [6.45, 7) is 2.88. The first-order valence-corrected chi connectivity index (χ1v) is 15.6. The molecule has 3 atom stereocenters. The van der Waals surface area contributed by atoms with E-state index in [4.69, 9.17) is 9.47 Å². The molecule has 3 aromatic rings. The van der Waals surface area contributed by atoms with Crippen LogP contribution in [0.1, 0.15) is 13.8 Å². The highest BCUT2D eigenvalue weighted by Gasteiger charge is 2.39. The number of aliphatic hydroxyl groups is 1. The minimum absolute atomic E-state index is 0.00373. The number of ether oxygens (including phenoxy) is 2. The largest absolute Gasteiger partial charge is 0.497 e. The van der Waals surface area contributed by atoms with Crippen molar-refractivity contribution in [2.45, 2.75) is 35.8 Å². The zero-order valence-corrected chi connectivity index (χ0v) is 24.3. The van der Waals surface area contributed by atoms with Crippen LogP contribution in [0, 0.1) is 11.7 Å². The maximum absolute atomic E-state index is 13.9. The summed E-state index contributed by atoms with van der Waals surface area (Å²) in [5, 5.41) is 9.85. The summed E-state index contributed by atoms with van der Waals surface area (Å²) in [5.74, 6) is -0.381. The fourth-order valence-corrected chi connectivity index (χ4v) is 7.58. The molecule has 4 rings (SSSR count). The van der Waals surface area contributed by atoms with E-state index >= 15 is 0 Å². The number of sulfonamides is 2. The number of hydrogen-bond acceptors (Lipinski definition) is 7. The minimum Gasteiger partial charge on any atom is -0.497 e. The van der Waals surface area contributed by atoms with Gasteiger partial charge in [-0.2, -0.15) is 8.61 Å². The van der Waals surface area contributed by atoms with Crippen LogP contribution < -0.4 is 9.47 Å². The number of fused-ring (bicyclic) bond motifs is 1. The van der Waals surface area contributed by atoms with E-state index in [1.54, 1.807) is 44.2 Å². The zero-order valence-electron chi connectivity index (χ0n) is 22.7. The Morgan fingerprint density at radius 2 is 1.80 bits per heavy atom. The topological polar surface area (TPSA) is 113 Å². The maximum Gasteiger partial charge on any atom is 0.247 e. The lowest BCUT2D eigenvalue weighted by Gasteiger charge is -2.37. The van der Waals surface area contributed by atoms with Gasteiger partial charge in [0.1, 0.15) is 28.3 Å². The van der Waals surface area contributed by atoms with E-state index in [-0.39, 0.29) is 28.6 Å². The van der Waals surface area contributed by atoms with Crippen LogP contribution in [0.5, 0.6) is 11.5 Å². The molecule has 0 saturated carbocycles. The molecule has 0 aromatic heterocycles. The van der Waals surface area contributed by atoms with Gasteiger partial charge in [-0.1, -0.05) is 25.1 Å². The van der Waals surface area contributed by atoms with E-state index < -0.39 is 50.5 Å². The molecule has 0 radical (unpaired) electrons. The summed E-state index contributed by atoms with van der Waals surface area (Å²) < 4.78 is 81.9. The highest BCUT2D eigenvalue weighted by atomic mass is 32.2. The molecule has 1 aliphatic rings. The first-order chi connectivity index (χ1) is 18.9. The Kier molecular flexibility index (Phi) is 8.86. The van der Waals surface area contributed by atoms with Gasteiger partial charge in [-0.05, 0) is 66.6 Å². The number of methoxy groups -OCH3 is 1. The van der Waals surface area contributed by atoms with Gasteiger partial charge in [-0.15, -0.1) is 0 Å². The van der Waals surface area contributed by atoms with E-state index in [2.05, 4.69) is 0 Å². The maximum atomic E-state index is 13.9. The van der Waals surface area contributed by atoms with Crippen LogP contribution in [0.25, 0.3) is 11.1 Å². The van der Waals surface area contributed by atoms with Gasteiger partial charge in [-0.25, -0.2) is 21.2 Å². The van der Waals surface area contributed by atoms with Crippen molar-refractivity contribution in [3.05, 3.63) is 72.5 Å². The highest BCUT2D eigenvalue weighted by Crippen LogP contribution is 2.37. The summed E-state index contributed by atoms with van der Waals surface area (Å²) >= 11 is 0. The normalized spacial score (nSPS) is 20.2. The Morgan fingerprint density at radius 3 is 2.42 bits per heavy atom. The Bertz CT molecular complexity index is 1560. The summed E-state index contributed by atoms with van der Waals surface area (Å²) in [6.07, 6.45) is -0.761. The Hall–Kier alpha value is -3.03. The van der Waals surface area contributed by atoms with E-state index in [0.717, 1.165) is 0 Å². The van der Waals surface area contributed by atoms with Crippen molar-refractivity contribution in [3.8, 4) is 22.6 Å². The van der Waals surface area contributed by atoms with Gasteiger partial charge in [0.2, 0.25) is 20.0 Å². The molecule has 12 heteroatoms. The lowest BCUT2D eigenvalue weighted by Crippen LogP contribution is -2.50. The number of nitrogens with zero attached hydrogens (tertiary/aromatic N) is 2. The van der Waals surface area contributed by atoms with Crippen LogP contribution in [-0.2, 0) is 20.0 Å². The number of hydrogen-bond donors (Lipinski definition) is 1. The van der Waals surface area contributed by atoms with Crippen molar-refractivity contribution < 1.29 is 35.8 Å². The Balaban J connectivity index is 1.76. The van der Waals surface area contributed by atoms with Crippen molar-refractivity contribution in [1.29, 1.82) is 0 Å². The lowest BCUT2D eigenvalue weighted by atomic mass is 10.0. The third kappa shape index (κ3) is 6.01. The number of rotatable bonds is 8. The summed E-state index contributed by atoms with van der Waals surface area (Å²) in [7, 11) is -5.09. The zero-order chi connectivity index (χ0) is 29.2. The second kappa shape index (κ2) is 11.8. The lowest BCUT2D eigenvalue weighted by molar-refractivity contribution is 0.0905. The molecule has 9 nitrogen and oxygen atoms in total. The SMILES string of the molecule is COc1ccc(S(=O)(=O)N(C)C[C@H]2Oc3cc(-c4cccc(F)c4)ccc3S(=O)(=O)N([C@H](C)CO)C[C@H]2C)cc1. The fraction of sp³-hybridized carbons (Fsp3) is 0.357. The van der Waals surface area contributed by atoms with Gasteiger partial charge in [0.05, 0.1) is 25.2 Å². The number of benzene rings is 3. The first-order valence-electron chi connectivity index (χ1n) is 12.7. The van der Waals surface area contributed by atoms with Crippen LogP contribution >= 0.6 is 0 Å². The highest BCUT2D eigenvalue weighted by molar-refractivity contribution is 7.89. The molecular formula is C28H33FN2O7S2. The van der Waals surface area contributed by atoms with Crippen molar-refractivity contribution in [3.63, 3.8) is 0 Å². The van der Waals surface area contributed by atoms with Gasteiger partial charge in [0, 0.05) is 25.6 Å². The van der Waals surface area contributed by atoms with Gasteiger partial charge in [0.25, 0.3) is 0 Å². The molecule has 0 bridgehead atoms. The number of halogens is 1. The summed E-state index contributed by atoms with van der Waals surface area (Å²) in [5.41, 5.74) is 1.05. The second-order valence-electron chi connectivity index (χ2n) is 9.87. The van der Waals surface area contributed by atoms with Gasteiger partial charge in [-0.3, -0.25) is 0 Å². The van der Waals surface area contributed by atoms with Gasteiger partial charge >= 0.3 is 0 Å². The molecule has 0 fully saturated rings. The first kappa shape index (κ1) is 29.9. The van der Waals surface area contributed by atoms with Gasteiger partial charge < -0.3 is 14.6 Å². The fourth-order valence-electron chi connectivity index (χ4n) is 4.57. The van der Waals surface area contributed by atoms with Crippen LogP contribution in [0.2, 0.25) is 0 Å². The Labute approximate surface area is 234 Å². The van der Waals surface area contributed by atoms with Crippen molar-refractivity contribution in [1.82, 2.24) is 8.61 Å². The molecule has 1 aliphatic heterocycles. The molecule has 40 heavy (non-hydrogen) atoms. The molecule has 1 heterocycles. The smallest absolute Gasteiger partial charge is 0.247 e. The molecule has 3 aromatic carbocycles. The second-order valence-corrected chi connectivity index (χ2v) is 13.8. The van der Waals surface area contributed by atoms with Crippen LogP contribution in [0.4, 0.5) is 4.39 Å². The van der Waals surface area contributed by atoms with Crippen molar-refractivity contribution >= 4 is 20.0 Å². The van der Waals surface area contributed by atoms with Crippen LogP contribution in [0.15, 0.2) is 76.5 Å². The quantitative estimate of drug-likeness (QED) is 0.425. The minimum atomic E-state index is -4.09. The van der Waals surface area contributed by atoms with Crippen LogP contribution in [0.3, 0.4) is 0 Å². The predicted octanol–water partition coefficient (Wildman–Crippen LogP) is 3.59. The third-order valence-electron chi connectivity index (χ3n) is 7.03. The van der Waals surface area contributed by atoms with E-state index in [1.807, 2.05) is 0 Å². The summed E-state index contributed by atoms with van der Waals surface area (Å²) in [6, 6.07) is 15.6. The predicted molar refractivity (Wildman–Crippen MR) is 149 cm³/mol. The van der Waals surface area contributed by atoms with E-state index in [1.165, 1.54) is 59.2 Å². The number of likely N-dealkylation sites (N-methyl/N-ethyl adjacent to an activating group) is 1. The van der Waals surface area contributed by atoms with E-state index in [0.29, 0.717) is 16.9 Å². The monoisotopic (exact) mass is 592 g/mol. The molecule has 0 aliphatic carbocycles. The van der Waals surface area contributed by atoms with Gasteiger partial charge in [0.15, 0.2) is 0 Å². The number of aliphatic hydroxyl groups excluding tert-OH is 1. The third-order valence-corrected chi connectivity index (χ3v) is 10.9. The Morgan fingerprint density at radius 1 is 1.12 bits per heavy atom. The molecule has 0 saturated heterocycles. The molecular weight excluding hydrogens is 559 g/mol. The van der Waals surface area contributed by atoms with Crippen molar-refractivity contribution in [2.75, 3.05) is 33.9 Å².